The van der Waals surface area contributed by atoms with Crippen molar-refractivity contribution in [1.82, 2.24) is 15.1 Å². The number of amides is 2. The molecule has 1 aliphatic heterocycles. The molecule has 0 bridgehead atoms. The first-order chi connectivity index (χ1) is 15.5. The Morgan fingerprint density at radius 2 is 1.88 bits per heavy atom. The Morgan fingerprint density at radius 1 is 1.06 bits per heavy atom. The van der Waals surface area contributed by atoms with Crippen LogP contribution in [0.15, 0.2) is 54.6 Å². The lowest BCUT2D eigenvalue weighted by atomic mass is 10.1. The molecule has 3 rings (SSSR count). The van der Waals surface area contributed by atoms with Gasteiger partial charge in [-0.05, 0) is 43.5 Å². The fourth-order valence-electron chi connectivity index (χ4n) is 3.78. The van der Waals surface area contributed by atoms with Gasteiger partial charge in [-0.3, -0.25) is 14.5 Å². The van der Waals surface area contributed by atoms with E-state index in [1.165, 1.54) is 12.1 Å². The Kier molecular flexibility index (Phi) is 9.19. The van der Waals surface area contributed by atoms with E-state index in [-0.39, 0.29) is 17.9 Å². The van der Waals surface area contributed by atoms with Crippen LogP contribution in [-0.4, -0.2) is 67.5 Å². The third kappa shape index (κ3) is 7.43. The zero-order valence-corrected chi connectivity index (χ0v) is 18.6. The number of hydrogen-bond donors (Lipinski definition) is 1. The zero-order valence-electron chi connectivity index (χ0n) is 18.6. The molecule has 0 saturated carbocycles. The van der Waals surface area contributed by atoms with Crippen LogP contribution in [0.2, 0.25) is 0 Å². The van der Waals surface area contributed by atoms with Crippen molar-refractivity contribution in [3.8, 4) is 0 Å². The fraction of sp³-hybridized carbons (Fsp3) is 0.440. The van der Waals surface area contributed by atoms with Gasteiger partial charge in [0.2, 0.25) is 5.91 Å². The van der Waals surface area contributed by atoms with Crippen molar-refractivity contribution >= 4 is 11.8 Å². The molecule has 6 nitrogen and oxygen atoms in total. The standard InChI is InChI=1S/C25H32FN3O3/c1-20(21-8-3-2-4-9-21)32-17-6-12-27-24(30)19-28-13-7-14-29(16-15-28)25(31)22-10-5-11-23(26)18-22/h2-5,8-11,18,20H,6-7,12-17,19H2,1H3,(H,27,30). The molecule has 1 atom stereocenters. The maximum absolute atomic E-state index is 13.4. The number of carbonyl (C=O) groups excluding carboxylic acids is 2. The topological polar surface area (TPSA) is 61.9 Å². The second kappa shape index (κ2) is 12.3. The summed E-state index contributed by atoms with van der Waals surface area (Å²) < 4.78 is 19.2. The molecule has 0 aliphatic carbocycles. The molecule has 0 radical (unpaired) electrons. The Bertz CT molecular complexity index is 878. The average Bonchev–Trinajstić information content (AvgIpc) is 3.04. The van der Waals surface area contributed by atoms with Crippen LogP contribution in [0, 0.1) is 5.82 Å². The van der Waals surface area contributed by atoms with Crippen LogP contribution in [0.3, 0.4) is 0 Å². The minimum absolute atomic E-state index is 0.0222. The molecule has 32 heavy (non-hydrogen) atoms. The number of carbonyl (C=O) groups is 2. The number of benzene rings is 2. The maximum atomic E-state index is 13.4. The van der Waals surface area contributed by atoms with Gasteiger partial charge in [0.15, 0.2) is 0 Å². The van der Waals surface area contributed by atoms with E-state index >= 15 is 0 Å². The summed E-state index contributed by atoms with van der Waals surface area (Å²) in [6, 6.07) is 15.8. The van der Waals surface area contributed by atoms with Crippen LogP contribution in [0.4, 0.5) is 4.39 Å². The predicted octanol–water partition coefficient (Wildman–Crippen LogP) is 3.26. The van der Waals surface area contributed by atoms with Gasteiger partial charge < -0.3 is 15.0 Å². The summed E-state index contributed by atoms with van der Waals surface area (Å²) in [5.74, 6) is -0.601. The molecular formula is C25H32FN3O3. The van der Waals surface area contributed by atoms with Crippen LogP contribution in [0.25, 0.3) is 0 Å². The second-order valence-corrected chi connectivity index (χ2v) is 8.06. The van der Waals surface area contributed by atoms with Gasteiger partial charge in [-0.2, -0.15) is 0 Å². The van der Waals surface area contributed by atoms with Gasteiger partial charge in [0, 0.05) is 44.9 Å². The van der Waals surface area contributed by atoms with Crippen molar-refractivity contribution in [2.75, 3.05) is 45.9 Å². The molecule has 172 valence electrons. The predicted molar refractivity (Wildman–Crippen MR) is 122 cm³/mol. The van der Waals surface area contributed by atoms with Crippen molar-refractivity contribution < 1.29 is 18.7 Å². The summed E-state index contributed by atoms with van der Waals surface area (Å²) in [6.45, 7) is 5.97. The van der Waals surface area contributed by atoms with Crippen molar-refractivity contribution in [3.05, 3.63) is 71.5 Å². The molecule has 1 aliphatic rings. The van der Waals surface area contributed by atoms with E-state index in [0.29, 0.717) is 44.9 Å². The summed E-state index contributed by atoms with van der Waals surface area (Å²) in [7, 11) is 0. The number of hydrogen-bond acceptors (Lipinski definition) is 4. The molecule has 1 unspecified atom stereocenters. The summed E-state index contributed by atoms with van der Waals surface area (Å²) in [4.78, 5) is 28.7. The zero-order chi connectivity index (χ0) is 22.8. The smallest absolute Gasteiger partial charge is 0.254 e. The van der Waals surface area contributed by atoms with Crippen LogP contribution >= 0.6 is 0 Å². The minimum Gasteiger partial charge on any atom is -0.374 e. The highest BCUT2D eigenvalue weighted by molar-refractivity contribution is 5.94. The van der Waals surface area contributed by atoms with Crippen molar-refractivity contribution in [2.45, 2.75) is 25.9 Å². The first-order valence-electron chi connectivity index (χ1n) is 11.2. The van der Waals surface area contributed by atoms with Gasteiger partial charge in [0.05, 0.1) is 12.6 Å². The summed E-state index contributed by atoms with van der Waals surface area (Å²) in [5.41, 5.74) is 1.50. The second-order valence-electron chi connectivity index (χ2n) is 8.06. The lowest BCUT2D eigenvalue weighted by Crippen LogP contribution is -2.40. The molecule has 2 aromatic rings. The largest absolute Gasteiger partial charge is 0.374 e. The average molecular weight is 442 g/mol. The van der Waals surface area contributed by atoms with Gasteiger partial charge in [-0.1, -0.05) is 36.4 Å². The third-order valence-electron chi connectivity index (χ3n) is 5.59. The number of nitrogens with zero attached hydrogens (tertiary/aromatic N) is 2. The quantitative estimate of drug-likeness (QED) is 0.607. The first kappa shape index (κ1) is 23.9. The first-order valence-corrected chi connectivity index (χ1v) is 11.2. The highest BCUT2D eigenvalue weighted by Gasteiger charge is 2.21. The lowest BCUT2D eigenvalue weighted by molar-refractivity contribution is -0.122. The summed E-state index contributed by atoms with van der Waals surface area (Å²) in [5, 5.41) is 2.95. The van der Waals surface area contributed by atoms with Crippen LogP contribution in [0.5, 0.6) is 0 Å². The number of nitrogens with one attached hydrogen (secondary N) is 1. The highest BCUT2D eigenvalue weighted by atomic mass is 19.1. The SMILES string of the molecule is CC(OCCCNC(=O)CN1CCCN(C(=O)c2cccc(F)c2)CC1)c1ccccc1. The molecule has 2 aromatic carbocycles. The molecular weight excluding hydrogens is 409 g/mol. The van der Waals surface area contributed by atoms with Crippen LogP contribution in [-0.2, 0) is 9.53 Å². The van der Waals surface area contributed by atoms with Crippen molar-refractivity contribution in [1.29, 1.82) is 0 Å². The third-order valence-corrected chi connectivity index (χ3v) is 5.59. The Morgan fingerprint density at radius 3 is 2.66 bits per heavy atom. The summed E-state index contributed by atoms with van der Waals surface area (Å²) >= 11 is 0. The van der Waals surface area contributed by atoms with Crippen molar-refractivity contribution in [3.63, 3.8) is 0 Å². The Labute approximate surface area is 189 Å². The number of ether oxygens (including phenoxy) is 1. The van der Waals surface area contributed by atoms with Gasteiger partial charge in [0.1, 0.15) is 5.82 Å². The monoisotopic (exact) mass is 441 g/mol. The van der Waals surface area contributed by atoms with Gasteiger partial charge in [-0.15, -0.1) is 0 Å². The molecule has 7 heteroatoms. The normalized spacial score (nSPS) is 15.8. The van der Waals surface area contributed by atoms with E-state index in [9.17, 15) is 14.0 Å². The highest BCUT2D eigenvalue weighted by Crippen LogP contribution is 2.15. The lowest BCUT2D eigenvalue weighted by Gasteiger charge is -2.22. The van der Waals surface area contributed by atoms with E-state index in [1.54, 1.807) is 17.0 Å². The Balaban J connectivity index is 1.33. The molecule has 0 spiro atoms. The Hall–Kier alpha value is -2.77. The van der Waals surface area contributed by atoms with Crippen LogP contribution in [0.1, 0.15) is 41.8 Å². The fourth-order valence-corrected chi connectivity index (χ4v) is 3.78. The number of halogens is 1. The molecule has 1 saturated heterocycles. The molecule has 1 heterocycles. The number of rotatable bonds is 9. The van der Waals surface area contributed by atoms with E-state index in [1.807, 2.05) is 37.3 Å². The molecule has 0 aromatic heterocycles. The minimum atomic E-state index is -0.413. The van der Waals surface area contributed by atoms with Crippen molar-refractivity contribution in [2.24, 2.45) is 0 Å². The molecule has 1 fully saturated rings. The van der Waals surface area contributed by atoms with E-state index in [4.69, 9.17) is 4.74 Å². The van der Waals surface area contributed by atoms with E-state index in [0.717, 1.165) is 24.9 Å². The molecule has 2 amide bonds. The van der Waals surface area contributed by atoms with Gasteiger partial charge in [-0.25, -0.2) is 4.39 Å². The van der Waals surface area contributed by atoms with Gasteiger partial charge >= 0.3 is 0 Å². The van der Waals surface area contributed by atoms with E-state index < -0.39 is 5.82 Å². The molecule has 1 N–H and O–H groups in total. The van der Waals surface area contributed by atoms with E-state index in [2.05, 4.69) is 10.2 Å². The van der Waals surface area contributed by atoms with Crippen LogP contribution < -0.4 is 5.32 Å². The van der Waals surface area contributed by atoms with Gasteiger partial charge in [0.25, 0.3) is 5.91 Å². The summed E-state index contributed by atoms with van der Waals surface area (Å²) in [6.07, 6.45) is 1.56. The maximum Gasteiger partial charge on any atom is 0.254 e.